The van der Waals surface area contributed by atoms with Gasteiger partial charge in [0, 0.05) is 7.11 Å². The number of esters is 1. The van der Waals surface area contributed by atoms with E-state index in [1.54, 1.807) is 54.6 Å². The Hall–Kier alpha value is -3.66. The van der Waals surface area contributed by atoms with Crippen LogP contribution in [0.5, 0.6) is 5.75 Å². The van der Waals surface area contributed by atoms with E-state index in [-0.39, 0.29) is 31.5 Å². The zero-order valence-corrected chi connectivity index (χ0v) is 21.8. The van der Waals surface area contributed by atoms with E-state index in [9.17, 15) is 27.3 Å². The molecule has 8 nitrogen and oxygen atoms in total. The van der Waals surface area contributed by atoms with Crippen LogP contribution in [0.1, 0.15) is 23.1 Å². The van der Waals surface area contributed by atoms with Crippen molar-refractivity contribution in [1.82, 2.24) is 5.06 Å². The molecule has 0 heterocycles. The molecule has 0 radical (unpaired) electrons. The van der Waals surface area contributed by atoms with Crippen LogP contribution in [0.25, 0.3) is 0 Å². The molecule has 0 spiro atoms. The summed E-state index contributed by atoms with van der Waals surface area (Å²) in [4.78, 5) is 30.5. The molecule has 0 saturated carbocycles. The van der Waals surface area contributed by atoms with Gasteiger partial charge in [-0.2, -0.15) is 13.2 Å². The molecule has 0 aliphatic heterocycles. The SMILES string of the molecule is COP(=O)(CCC(C(=O)OCc1ccccc1)N(C=O)OCc1ccccc1)Oc1ccc(C(F)(F)F)cc1. The van der Waals surface area contributed by atoms with E-state index in [4.69, 9.17) is 18.6 Å². The van der Waals surface area contributed by atoms with Crippen LogP contribution < -0.4 is 4.52 Å². The highest BCUT2D eigenvalue weighted by molar-refractivity contribution is 7.54. The maximum Gasteiger partial charge on any atom is 0.416 e. The Morgan fingerprint density at radius 2 is 1.49 bits per heavy atom. The molecule has 3 rings (SSSR count). The van der Waals surface area contributed by atoms with E-state index in [1.165, 1.54) is 0 Å². The highest BCUT2D eigenvalue weighted by atomic mass is 31.2. The topological polar surface area (TPSA) is 91.4 Å². The number of hydrogen-bond donors (Lipinski definition) is 0. The van der Waals surface area contributed by atoms with Crippen molar-refractivity contribution in [3.63, 3.8) is 0 Å². The van der Waals surface area contributed by atoms with Gasteiger partial charge in [-0.3, -0.25) is 9.63 Å². The van der Waals surface area contributed by atoms with Gasteiger partial charge in [-0.05, 0) is 41.8 Å². The van der Waals surface area contributed by atoms with Gasteiger partial charge in [-0.25, -0.2) is 14.4 Å². The van der Waals surface area contributed by atoms with Gasteiger partial charge < -0.3 is 13.8 Å². The average Bonchev–Trinajstić information content (AvgIpc) is 2.94. The molecule has 1 amide bonds. The highest BCUT2D eigenvalue weighted by Gasteiger charge is 2.34. The molecule has 0 aromatic heterocycles. The predicted molar refractivity (Wildman–Crippen MR) is 135 cm³/mol. The second-order valence-corrected chi connectivity index (χ2v) is 10.5. The van der Waals surface area contributed by atoms with Crippen molar-refractivity contribution in [3.05, 3.63) is 102 Å². The van der Waals surface area contributed by atoms with Crippen molar-refractivity contribution in [3.8, 4) is 5.75 Å². The fraction of sp³-hybridized carbons (Fsp3) is 0.259. The first-order valence-electron chi connectivity index (χ1n) is 11.8. The molecule has 12 heteroatoms. The van der Waals surface area contributed by atoms with E-state index in [0.717, 1.165) is 42.0 Å². The zero-order valence-electron chi connectivity index (χ0n) is 21.0. The number of hydrogen-bond acceptors (Lipinski definition) is 7. The Balaban J connectivity index is 1.73. The fourth-order valence-electron chi connectivity index (χ4n) is 3.41. The molecule has 3 aromatic carbocycles. The summed E-state index contributed by atoms with van der Waals surface area (Å²) in [5.41, 5.74) is 0.537. The number of rotatable bonds is 14. The van der Waals surface area contributed by atoms with Gasteiger partial charge in [0.25, 0.3) is 0 Å². The van der Waals surface area contributed by atoms with Gasteiger partial charge in [-0.1, -0.05) is 60.7 Å². The summed E-state index contributed by atoms with van der Waals surface area (Å²) >= 11 is 0. The first-order valence-corrected chi connectivity index (χ1v) is 13.5. The number of carbonyl (C=O) groups is 2. The lowest BCUT2D eigenvalue weighted by molar-refractivity contribution is -0.203. The smallest absolute Gasteiger partial charge is 0.416 e. The second-order valence-electron chi connectivity index (χ2n) is 8.25. The third-order valence-corrected chi connectivity index (χ3v) is 7.36. The molecule has 3 aromatic rings. The zero-order chi connectivity index (χ0) is 28.3. The molecule has 2 unspecified atom stereocenters. The van der Waals surface area contributed by atoms with Crippen molar-refractivity contribution in [1.29, 1.82) is 0 Å². The third kappa shape index (κ3) is 9.24. The number of halogens is 3. The Kier molecular flexibility index (Phi) is 10.7. The standard InChI is InChI=1S/C27H27F3NO7P/c1-35-39(34,38-24-14-12-23(13-15-24)27(28,29)30)17-16-25(26(33)36-18-21-8-4-2-5-9-21)31(20-32)37-19-22-10-6-3-7-11-22/h2-15,20,25H,16-19H2,1H3. The van der Waals surface area contributed by atoms with Crippen LogP contribution in [-0.4, -0.2) is 36.8 Å². The lowest BCUT2D eigenvalue weighted by Gasteiger charge is -2.27. The number of carbonyl (C=O) groups excluding carboxylic acids is 2. The predicted octanol–water partition coefficient (Wildman–Crippen LogP) is 6.02. The summed E-state index contributed by atoms with van der Waals surface area (Å²) in [6.45, 7) is -0.114. The van der Waals surface area contributed by atoms with Crippen LogP contribution in [-0.2, 0) is 47.6 Å². The monoisotopic (exact) mass is 565 g/mol. The maximum atomic E-state index is 13.3. The van der Waals surface area contributed by atoms with E-state index >= 15 is 0 Å². The summed E-state index contributed by atoms with van der Waals surface area (Å²) < 4.78 is 67.6. The first kappa shape index (κ1) is 29.9. The molecule has 0 N–H and O–H groups in total. The lowest BCUT2D eigenvalue weighted by atomic mass is 10.2. The molecule has 2 atom stereocenters. The number of benzene rings is 3. The minimum Gasteiger partial charge on any atom is -0.459 e. The Labute approximate surface area is 223 Å². The van der Waals surface area contributed by atoms with Gasteiger partial charge in [0.2, 0.25) is 6.41 Å². The normalized spacial score (nSPS) is 13.6. The Morgan fingerprint density at radius 1 is 0.923 bits per heavy atom. The average molecular weight is 565 g/mol. The van der Waals surface area contributed by atoms with E-state index in [2.05, 4.69) is 0 Å². The molecule has 0 bridgehead atoms. The van der Waals surface area contributed by atoms with Crippen LogP contribution >= 0.6 is 7.60 Å². The molecule has 0 saturated heterocycles. The molecule has 208 valence electrons. The quantitative estimate of drug-likeness (QED) is 0.102. The third-order valence-electron chi connectivity index (χ3n) is 5.51. The highest BCUT2D eigenvalue weighted by Crippen LogP contribution is 2.48. The number of ether oxygens (including phenoxy) is 1. The Morgan fingerprint density at radius 3 is 2.00 bits per heavy atom. The van der Waals surface area contributed by atoms with Crippen LogP contribution in [0, 0.1) is 0 Å². The maximum absolute atomic E-state index is 13.3. The second kappa shape index (κ2) is 13.9. The minimum absolute atomic E-state index is 0.0357. The summed E-state index contributed by atoms with van der Waals surface area (Å²) in [6.07, 6.45) is -4.87. The van der Waals surface area contributed by atoms with E-state index in [0.29, 0.717) is 12.0 Å². The van der Waals surface area contributed by atoms with Gasteiger partial charge in [-0.15, -0.1) is 0 Å². The van der Waals surface area contributed by atoms with Crippen molar-refractivity contribution in [2.75, 3.05) is 13.3 Å². The largest absolute Gasteiger partial charge is 0.459 e. The summed E-state index contributed by atoms with van der Waals surface area (Å²) in [5.74, 6) is -0.944. The number of alkyl halides is 3. The summed E-state index contributed by atoms with van der Waals surface area (Å²) in [6, 6.07) is 20.0. The van der Waals surface area contributed by atoms with Gasteiger partial charge in [0.05, 0.1) is 11.7 Å². The van der Waals surface area contributed by atoms with Crippen molar-refractivity contribution >= 4 is 20.0 Å². The number of amides is 1. The van der Waals surface area contributed by atoms with Crippen LogP contribution in [0.2, 0.25) is 0 Å². The molecule has 0 aliphatic carbocycles. The first-order chi connectivity index (χ1) is 18.6. The number of hydroxylamine groups is 2. The van der Waals surface area contributed by atoms with Crippen molar-refractivity contribution in [2.24, 2.45) is 0 Å². The summed E-state index contributed by atoms with van der Waals surface area (Å²) in [7, 11) is -2.85. The van der Waals surface area contributed by atoms with E-state index in [1.807, 2.05) is 6.07 Å². The summed E-state index contributed by atoms with van der Waals surface area (Å²) in [5, 5.41) is 0.776. The molecule has 39 heavy (non-hydrogen) atoms. The minimum atomic E-state index is -4.55. The van der Waals surface area contributed by atoms with Crippen LogP contribution in [0.4, 0.5) is 13.2 Å². The van der Waals surface area contributed by atoms with Crippen molar-refractivity contribution < 1.29 is 45.9 Å². The van der Waals surface area contributed by atoms with Crippen molar-refractivity contribution in [2.45, 2.75) is 31.9 Å². The van der Waals surface area contributed by atoms with Crippen LogP contribution in [0.3, 0.4) is 0 Å². The molecule has 0 fully saturated rings. The van der Waals surface area contributed by atoms with Gasteiger partial charge >= 0.3 is 19.7 Å². The Bertz CT molecular complexity index is 1240. The van der Waals surface area contributed by atoms with E-state index < -0.39 is 31.3 Å². The number of nitrogens with zero attached hydrogens (tertiary/aromatic N) is 1. The lowest BCUT2D eigenvalue weighted by Crippen LogP contribution is -2.42. The fourth-order valence-corrected chi connectivity index (χ4v) is 4.76. The van der Waals surface area contributed by atoms with Crippen LogP contribution in [0.15, 0.2) is 84.9 Å². The molecular weight excluding hydrogens is 538 g/mol. The van der Waals surface area contributed by atoms with Gasteiger partial charge in [0.15, 0.2) is 6.04 Å². The van der Waals surface area contributed by atoms with Gasteiger partial charge in [0.1, 0.15) is 19.0 Å². The molecule has 0 aliphatic rings. The molecular formula is C27H27F3NO7P.